The lowest BCUT2D eigenvalue weighted by Crippen LogP contribution is -2.35. The van der Waals surface area contributed by atoms with Gasteiger partial charge in [-0.3, -0.25) is 9.13 Å². The van der Waals surface area contributed by atoms with Gasteiger partial charge < -0.3 is 23.0 Å². The molecule has 0 unspecified atom stereocenters. The minimum atomic E-state index is -3.43. The molecule has 0 spiro atoms. The molecule has 0 bridgehead atoms. The molecule has 0 heterocycles. The maximum atomic E-state index is 13.3. The van der Waals surface area contributed by atoms with Gasteiger partial charge in [0.25, 0.3) is 0 Å². The zero-order chi connectivity index (χ0) is 18.6. The molecular formula is C15H35NO6P2. The molecule has 0 fully saturated rings. The molecule has 0 aromatic carbocycles. The molecule has 0 radical (unpaired) electrons. The Bertz CT molecular complexity index is 397. The molecule has 7 nitrogen and oxygen atoms in total. The van der Waals surface area contributed by atoms with Crippen LogP contribution in [0.1, 0.15) is 41.5 Å². The molecular weight excluding hydrogens is 352 g/mol. The molecule has 0 aliphatic heterocycles. The number of rotatable bonds is 15. The summed E-state index contributed by atoms with van der Waals surface area (Å²) < 4.78 is 48.0. The summed E-state index contributed by atoms with van der Waals surface area (Å²) in [4.78, 5) is 2.11. The minimum Gasteiger partial charge on any atom is -0.309 e. The first kappa shape index (κ1) is 24.3. The third-order valence-corrected chi connectivity index (χ3v) is 8.47. The second kappa shape index (κ2) is 12.6. The molecule has 0 saturated carbocycles. The van der Waals surface area contributed by atoms with Gasteiger partial charge in [0.2, 0.25) is 0 Å². The van der Waals surface area contributed by atoms with E-state index in [0.29, 0.717) is 6.54 Å². The van der Waals surface area contributed by atoms with E-state index in [1.165, 1.54) is 0 Å². The van der Waals surface area contributed by atoms with Gasteiger partial charge in [-0.25, -0.2) is 0 Å². The second-order valence-electron chi connectivity index (χ2n) is 5.14. The van der Waals surface area contributed by atoms with Crippen LogP contribution in [0.2, 0.25) is 0 Å². The van der Waals surface area contributed by atoms with Crippen molar-refractivity contribution < 1.29 is 27.2 Å². The highest BCUT2D eigenvalue weighted by Gasteiger charge is 2.42. The van der Waals surface area contributed by atoms with Crippen LogP contribution >= 0.6 is 15.2 Å². The zero-order valence-corrected chi connectivity index (χ0v) is 17.8. The van der Waals surface area contributed by atoms with E-state index in [4.69, 9.17) is 18.1 Å². The van der Waals surface area contributed by atoms with E-state index in [1.807, 2.05) is 13.8 Å². The number of nitrogens with zero attached hydrogens (tertiary/aromatic N) is 1. The summed E-state index contributed by atoms with van der Waals surface area (Å²) in [6, 6.07) is 0. The standard InChI is InChI=1S/C15H35NO6P2/c1-7-16(8-2)13-15(24(18,21-11-5)22-12-6)14-23(17,19-9-3)20-10-4/h15H,7-14H2,1-6H3/t15-/m1/s1. The van der Waals surface area contributed by atoms with Crippen LogP contribution in [0.25, 0.3) is 0 Å². The van der Waals surface area contributed by atoms with Crippen molar-refractivity contribution in [3.8, 4) is 0 Å². The van der Waals surface area contributed by atoms with Crippen LogP contribution in [0, 0.1) is 0 Å². The monoisotopic (exact) mass is 387 g/mol. The van der Waals surface area contributed by atoms with E-state index in [1.54, 1.807) is 27.7 Å². The lowest BCUT2D eigenvalue weighted by atomic mass is 10.4. The van der Waals surface area contributed by atoms with Crippen LogP contribution in [0.5, 0.6) is 0 Å². The Hall–Kier alpha value is 0.260. The quantitative estimate of drug-likeness (QED) is 0.389. The van der Waals surface area contributed by atoms with Gasteiger partial charge in [0.1, 0.15) is 0 Å². The zero-order valence-electron chi connectivity index (χ0n) is 16.0. The van der Waals surface area contributed by atoms with Crippen LogP contribution < -0.4 is 0 Å². The highest BCUT2D eigenvalue weighted by atomic mass is 31.2. The fourth-order valence-corrected chi connectivity index (χ4v) is 7.19. The highest BCUT2D eigenvalue weighted by molar-refractivity contribution is 7.58. The van der Waals surface area contributed by atoms with E-state index in [-0.39, 0.29) is 32.6 Å². The third-order valence-electron chi connectivity index (χ3n) is 3.51. The van der Waals surface area contributed by atoms with Gasteiger partial charge in [0.05, 0.1) is 38.2 Å². The molecule has 0 amide bonds. The predicted molar refractivity (Wildman–Crippen MR) is 98.2 cm³/mol. The Kier molecular flexibility index (Phi) is 12.7. The summed E-state index contributed by atoms with van der Waals surface area (Å²) in [5, 5.41) is 0. The SMILES string of the molecule is CCOP(=O)(C[C@@H](CN(CC)CC)P(=O)(OCC)OCC)OCC. The molecule has 24 heavy (non-hydrogen) atoms. The van der Waals surface area contributed by atoms with E-state index < -0.39 is 20.9 Å². The Morgan fingerprint density at radius 1 is 0.750 bits per heavy atom. The maximum Gasteiger partial charge on any atom is 0.335 e. The summed E-state index contributed by atoms with van der Waals surface area (Å²) in [6.45, 7) is 14.2. The van der Waals surface area contributed by atoms with Gasteiger partial charge in [-0.15, -0.1) is 0 Å². The number of hydrogen-bond donors (Lipinski definition) is 0. The van der Waals surface area contributed by atoms with Crippen molar-refractivity contribution in [1.82, 2.24) is 4.90 Å². The first-order chi connectivity index (χ1) is 11.3. The summed E-state index contributed by atoms with van der Waals surface area (Å²) >= 11 is 0. The minimum absolute atomic E-state index is 0.0163. The molecule has 0 aromatic rings. The molecule has 0 rings (SSSR count). The molecule has 0 N–H and O–H groups in total. The van der Waals surface area contributed by atoms with Gasteiger partial charge in [-0.05, 0) is 40.8 Å². The smallest absolute Gasteiger partial charge is 0.309 e. The first-order valence-electron chi connectivity index (χ1n) is 8.83. The van der Waals surface area contributed by atoms with Crippen molar-refractivity contribution in [2.45, 2.75) is 47.2 Å². The maximum absolute atomic E-state index is 13.3. The topological polar surface area (TPSA) is 74.3 Å². The molecule has 0 aliphatic carbocycles. The third kappa shape index (κ3) is 8.09. The van der Waals surface area contributed by atoms with Gasteiger partial charge >= 0.3 is 15.2 Å². The van der Waals surface area contributed by atoms with Gasteiger partial charge in [-0.1, -0.05) is 13.8 Å². The largest absolute Gasteiger partial charge is 0.335 e. The fraction of sp³-hybridized carbons (Fsp3) is 1.00. The highest BCUT2D eigenvalue weighted by Crippen LogP contribution is 2.60. The molecule has 146 valence electrons. The molecule has 0 aromatic heterocycles. The molecule has 9 heteroatoms. The van der Waals surface area contributed by atoms with Crippen molar-refractivity contribution in [1.29, 1.82) is 0 Å². The second-order valence-corrected chi connectivity index (χ2v) is 9.57. The normalized spacial score (nSPS) is 14.3. The molecule has 1 atom stereocenters. The average Bonchev–Trinajstić information content (AvgIpc) is 2.52. The van der Waals surface area contributed by atoms with Crippen molar-refractivity contribution in [2.75, 3.05) is 52.2 Å². The Labute approximate surface area is 147 Å². The van der Waals surface area contributed by atoms with Crippen molar-refractivity contribution in [2.24, 2.45) is 0 Å². The van der Waals surface area contributed by atoms with E-state index in [9.17, 15) is 9.13 Å². The van der Waals surface area contributed by atoms with Crippen molar-refractivity contribution >= 4 is 15.2 Å². The van der Waals surface area contributed by atoms with Crippen molar-refractivity contribution in [3.05, 3.63) is 0 Å². The van der Waals surface area contributed by atoms with Crippen LogP contribution in [-0.4, -0.2) is 62.8 Å². The summed E-state index contributed by atoms with van der Waals surface area (Å²) in [6.07, 6.45) is 0.0163. The number of hydrogen-bond acceptors (Lipinski definition) is 7. The summed E-state index contributed by atoms with van der Waals surface area (Å²) in [7, 11) is -6.78. The van der Waals surface area contributed by atoms with Crippen LogP contribution in [0.15, 0.2) is 0 Å². The molecule has 0 saturated heterocycles. The summed E-state index contributed by atoms with van der Waals surface area (Å²) in [5.41, 5.74) is -0.568. The lowest BCUT2D eigenvalue weighted by molar-refractivity contribution is 0.193. The fourth-order valence-electron chi connectivity index (χ4n) is 2.44. The molecule has 0 aliphatic rings. The van der Waals surface area contributed by atoms with E-state index in [0.717, 1.165) is 13.1 Å². The van der Waals surface area contributed by atoms with Crippen LogP contribution in [0.4, 0.5) is 0 Å². The van der Waals surface area contributed by atoms with Gasteiger partial charge in [-0.2, -0.15) is 0 Å². The average molecular weight is 387 g/mol. The summed E-state index contributed by atoms with van der Waals surface area (Å²) in [5.74, 6) is 0. The van der Waals surface area contributed by atoms with E-state index >= 15 is 0 Å². The first-order valence-corrected chi connectivity index (χ1v) is 12.2. The Morgan fingerprint density at radius 3 is 1.50 bits per heavy atom. The van der Waals surface area contributed by atoms with Crippen molar-refractivity contribution in [3.63, 3.8) is 0 Å². The predicted octanol–water partition coefficient (Wildman–Crippen LogP) is 4.23. The van der Waals surface area contributed by atoms with Gasteiger partial charge in [0, 0.05) is 6.54 Å². The lowest BCUT2D eigenvalue weighted by Gasteiger charge is -2.32. The van der Waals surface area contributed by atoms with Crippen LogP contribution in [0.3, 0.4) is 0 Å². The van der Waals surface area contributed by atoms with E-state index in [2.05, 4.69) is 4.90 Å². The van der Waals surface area contributed by atoms with Crippen LogP contribution in [-0.2, 0) is 27.2 Å². The van der Waals surface area contributed by atoms with Gasteiger partial charge in [0.15, 0.2) is 0 Å². The Morgan fingerprint density at radius 2 is 1.17 bits per heavy atom. The Balaban J connectivity index is 5.58.